The van der Waals surface area contributed by atoms with E-state index in [1.807, 2.05) is 0 Å². The third-order valence-electron chi connectivity index (χ3n) is 0.895. The predicted octanol–water partition coefficient (Wildman–Crippen LogP) is 1.88. The maximum Gasteiger partial charge on any atom is 0.230 e. The number of hydrogen-bond acceptors (Lipinski definition) is 3. The second kappa shape index (κ2) is 3.12. The van der Waals surface area contributed by atoms with Crippen molar-refractivity contribution in [3.05, 3.63) is 15.9 Å². The van der Waals surface area contributed by atoms with Gasteiger partial charge in [0, 0.05) is 0 Å². The molecule has 1 rings (SSSR count). The minimum atomic E-state index is -3.14. The molecule has 0 aliphatic carbocycles. The highest BCUT2D eigenvalue weighted by molar-refractivity contribution is 9.10. The van der Waals surface area contributed by atoms with Gasteiger partial charge in [-0.3, -0.25) is 4.72 Å². The number of hydrogen-bond donors (Lipinski definition) is 1. The van der Waals surface area contributed by atoms with Gasteiger partial charge < -0.3 is 0 Å². The van der Waals surface area contributed by atoms with Crippen LogP contribution in [0.2, 0.25) is 0 Å². The molecule has 0 radical (unpaired) electrons. The Morgan fingerprint density at radius 3 is 2.64 bits per heavy atom. The lowest BCUT2D eigenvalue weighted by Gasteiger charge is -1.99. The summed E-state index contributed by atoms with van der Waals surface area (Å²) in [4.78, 5) is 0. The zero-order valence-corrected chi connectivity index (χ0v) is 8.88. The smallest absolute Gasteiger partial charge is 0.230 e. The molecule has 3 nitrogen and oxygen atoms in total. The number of anilines is 1. The summed E-state index contributed by atoms with van der Waals surface area (Å²) >= 11 is 4.54. The molecule has 0 fully saturated rings. The zero-order valence-electron chi connectivity index (χ0n) is 5.67. The van der Waals surface area contributed by atoms with E-state index in [0.717, 1.165) is 10.7 Å². The van der Waals surface area contributed by atoms with Gasteiger partial charge >= 0.3 is 0 Å². The molecule has 1 aromatic rings. The van der Waals surface area contributed by atoms with Crippen LogP contribution in [0.5, 0.6) is 0 Å². The zero-order chi connectivity index (χ0) is 8.48. The Balaban J connectivity index is 2.89. The molecule has 1 N–H and O–H groups in total. The minimum absolute atomic E-state index is 0.618. The van der Waals surface area contributed by atoms with Crippen LogP contribution >= 0.6 is 27.3 Å². The molecule has 1 heterocycles. The average Bonchev–Trinajstić information content (AvgIpc) is 2.12. The van der Waals surface area contributed by atoms with Crippen molar-refractivity contribution < 1.29 is 8.42 Å². The number of nitrogens with one attached hydrogen (secondary N) is 1. The second-order valence-corrected chi connectivity index (χ2v) is 5.49. The molecule has 0 saturated heterocycles. The Hall–Kier alpha value is -0.0700. The maximum atomic E-state index is 10.7. The lowest BCUT2D eigenvalue weighted by Crippen LogP contribution is -2.08. The summed E-state index contributed by atoms with van der Waals surface area (Å²) in [6.07, 6.45) is 1.12. The van der Waals surface area contributed by atoms with Gasteiger partial charge in [-0.1, -0.05) is 0 Å². The molecule has 0 aliphatic rings. The van der Waals surface area contributed by atoms with Gasteiger partial charge in [0.05, 0.1) is 10.7 Å². The van der Waals surface area contributed by atoms with Crippen LogP contribution in [0.15, 0.2) is 15.9 Å². The molecule has 0 unspecified atom stereocenters. The van der Waals surface area contributed by atoms with Crippen molar-refractivity contribution in [2.24, 2.45) is 0 Å². The van der Waals surface area contributed by atoms with E-state index in [1.54, 1.807) is 11.4 Å². The molecular weight excluding hydrogens is 250 g/mol. The summed E-state index contributed by atoms with van der Waals surface area (Å²) in [5, 5.41) is 2.42. The Morgan fingerprint density at radius 2 is 2.27 bits per heavy atom. The molecule has 0 atom stereocenters. The third-order valence-corrected chi connectivity index (χ3v) is 3.35. The normalized spacial score (nSPS) is 11.5. The van der Waals surface area contributed by atoms with Crippen molar-refractivity contribution in [1.82, 2.24) is 0 Å². The molecule has 11 heavy (non-hydrogen) atoms. The maximum absolute atomic E-state index is 10.7. The van der Waals surface area contributed by atoms with Gasteiger partial charge in [0.15, 0.2) is 0 Å². The molecule has 6 heteroatoms. The van der Waals surface area contributed by atoms with Crippen LogP contribution in [0.1, 0.15) is 0 Å². The standard InChI is InChI=1S/C5H6BrNO2S2/c1-11(8,9)7-5-4(6)2-3-10-5/h2-3,7H,1H3. The van der Waals surface area contributed by atoms with Crippen LogP contribution in [0, 0.1) is 0 Å². The van der Waals surface area contributed by atoms with Gasteiger partial charge in [0.1, 0.15) is 5.00 Å². The fourth-order valence-electron chi connectivity index (χ4n) is 0.535. The van der Waals surface area contributed by atoms with Gasteiger partial charge in [-0.2, -0.15) is 0 Å². The van der Waals surface area contributed by atoms with Crippen molar-refractivity contribution in [3.63, 3.8) is 0 Å². The lowest BCUT2D eigenvalue weighted by molar-refractivity contribution is 0.607. The van der Waals surface area contributed by atoms with E-state index in [1.165, 1.54) is 11.3 Å². The molecule has 0 aromatic carbocycles. The summed E-state index contributed by atoms with van der Waals surface area (Å²) in [5.41, 5.74) is 0. The summed E-state index contributed by atoms with van der Waals surface area (Å²) < 4.78 is 24.6. The first kappa shape index (κ1) is 9.02. The van der Waals surface area contributed by atoms with Crippen LogP contribution in [-0.2, 0) is 10.0 Å². The molecule has 1 aromatic heterocycles. The number of halogens is 1. The van der Waals surface area contributed by atoms with Gasteiger partial charge in [-0.05, 0) is 27.4 Å². The molecule has 0 aliphatic heterocycles. The van der Waals surface area contributed by atoms with E-state index in [-0.39, 0.29) is 0 Å². The van der Waals surface area contributed by atoms with E-state index in [9.17, 15) is 8.42 Å². The minimum Gasteiger partial charge on any atom is -0.274 e. The molecule has 0 spiro atoms. The van der Waals surface area contributed by atoms with Crippen LogP contribution in [0.25, 0.3) is 0 Å². The molecule has 0 saturated carbocycles. The Bertz CT molecular complexity index is 343. The SMILES string of the molecule is CS(=O)(=O)Nc1sccc1Br. The van der Waals surface area contributed by atoms with Crippen LogP contribution in [-0.4, -0.2) is 14.7 Å². The van der Waals surface area contributed by atoms with Crippen molar-refractivity contribution in [3.8, 4) is 0 Å². The number of thiophene rings is 1. The summed E-state index contributed by atoms with van der Waals surface area (Å²) in [7, 11) is -3.14. The summed E-state index contributed by atoms with van der Waals surface area (Å²) in [6.45, 7) is 0. The Kier molecular flexibility index (Phi) is 2.56. The first-order valence-electron chi connectivity index (χ1n) is 2.70. The summed E-state index contributed by atoms with van der Waals surface area (Å²) in [6, 6.07) is 1.79. The first-order chi connectivity index (χ1) is 4.99. The Labute approximate surface area is 77.6 Å². The average molecular weight is 256 g/mol. The predicted molar refractivity (Wildman–Crippen MR) is 50.5 cm³/mol. The van der Waals surface area contributed by atoms with Gasteiger partial charge in [-0.25, -0.2) is 8.42 Å². The molecule has 0 bridgehead atoms. The van der Waals surface area contributed by atoms with Crippen LogP contribution < -0.4 is 4.72 Å². The first-order valence-corrected chi connectivity index (χ1v) is 6.26. The largest absolute Gasteiger partial charge is 0.274 e. The number of rotatable bonds is 2. The summed E-state index contributed by atoms with van der Waals surface area (Å²) in [5.74, 6) is 0. The fourth-order valence-corrected chi connectivity index (χ4v) is 2.97. The molecule has 62 valence electrons. The highest BCUT2D eigenvalue weighted by Crippen LogP contribution is 2.28. The topological polar surface area (TPSA) is 46.2 Å². The highest BCUT2D eigenvalue weighted by Gasteiger charge is 2.05. The van der Waals surface area contributed by atoms with E-state index in [2.05, 4.69) is 20.7 Å². The monoisotopic (exact) mass is 255 g/mol. The van der Waals surface area contributed by atoms with E-state index < -0.39 is 10.0 Å². The molecular formula is C5H6BrNO2S2. The quantitative estimate of drug-likeness (QED) is 0.878. The van der Waals surface area contributed by atoms with E-state index in [0.29, 0.717) is 5.00 Å². The van der Waals surface area contributed by atoms with Crippen molar-refractivity contribution in [1.29, 1.82) is 0 Å². The molecule has 0 amide bonds. The fraction of sp³-hybridized carbons (Fsp3) is 0.200. The van der Waals surface area contributed by atoms with Gasteiger partial charge in [0.2, 0.25) is 10.0 Å². The van der Waals surface area contributed by atoms with E-state index >= 15 is 0 Å². The van der Waals surface area contributed by atoms with Crippen molar-refractivity contribution in [2.45, 2.75) is 0 Å². The van der Waals surface area contributed by atoms with Crippen LogP contribution in [0.3, 0.4) is 0 Å². The van der Waals surface area contributed by atoms with Crippen molar-refractivity contribution in [2.75, 3.05) is 11.0 Å². The van der Waals surface area contributed by atoms with Crippen LogP contribution in [0.4, 0.5) is 5.00 Å². The van der Waals surface area contributed by atoms with E-state index in [4.69, 9.17) is 0 Å². The highest BCUT2D eigenvalue weighted by atomic mass is 79.9. The second-order valence-electron chi connectivity index (χ2n) is 1.97. The third kappa shape index (κ3) is 2.80. The lowest BCUT2D eigenvalue weighted by atomic mass is 10.6. The Morgan fingerprint density at radius 1 is 1.64 bits per heavy atom. The van der Waals surface area contributed by atoms with Gasteiger partial charge in [0.25, 0.3) is 0 Å². The van der Waals surface area contributed by atoms with Gasteiger partial charge in [-0.15, -0.1) is 11.3 Å². The van der Waals surface area contributed by atoms with Crippen molar-refractivity contribution >= 4 is 42.3 Å². The number of sulfonamides is 1.